The predicted octanol–water partition coefficient (Wildman–Crippen LogP) is 13.6. The van der Waals surface area contributed by atoms with Gasteiger partial charge < -0.3 is 4.90 Å². The molecule has 0 atom stereocenters. The Bertz CT molecular complexity index is 2980. The van der Waals surface area contributed by atoms with E-state index in [1.165, 1.54) is 60.5 Å². The monoisotopic (exact) mass is 715 g/mol. The lowest BCUT2D eigenvalue weighted by Gasteiger charge is -2.30. The zero-order valence-corrected chi connectivity index (χ0v) is 31.4. The molecule has 0 unspecified atom stereocenters. The van der Waals surface area contributed by atoms with Crippen molar-refractivity contribution in [3.63, 3.8) is 0 Å². The van der Waals surface area contributed by atoms with Crippen LogP contribution < -0.4 is 15.3 Å². The lowest BCUT2D eigenvalue weighted by atomic mass is 9.92. The maximum atomic E-state index is 4.06. The number of hydrogen-bond donors (Lipinski definition) is 0. The molecule has 0 fully saturated rings. The Hall–Kier alpha value is -7.22. The lowest BCUT2D eigenvalue weighted by Crippen LogP contribution is -2.31. The molecule has 56 heavy (non-hydrogen) atoms. The Kier molecular flexibility index (Phi) is 9.41. The van der Waals surface area contributed by atoms with Gasteiger partial charge >= 0.3 is 0 Å². The summed E-state index contributed by atoms with van der Waals surface area (Å²) in [6.07, 6.45) is 3.97. The highest BCUT2D eigenvalue weighted by Crippen LogP contribution is 2.44. The molecule has 0 N–H and O–H groups in total. The number of nitrogens with zero attached hydrogens (tertiary/aromatic N) is 1. The summed E-state index contributed by atoms with van der Waals surface area (Å²) in [5.41, 5.74) is 12.8. The fourth-order valence-corrected chi connectivity index (χ4v) is 8.09. The van der Waals surface area contributed by atoms with Crippen molar-refractivity contribution in [1.82, 2.24) is 0 Å². The molecule has 9 aromatic carbocycles. The molecule has 0 aromatic heterocycles. The van der Waals surface area contributed by atoms with Crippen LogP contribution in [0.15, 0.2) is 219 Å². The molecule has 0 aliphatic carbocycles. The van der Waals surface area contributed by atoms with Gasteiger partial charge in [0.1, 0.15) is 0 Å². The van der Waals surface area contributed by atoms with Gasteiger partial charge in [-0.05, 0) is 96.9 Å². The Morgan fingerprint density at radius 1 is 0.429 bits per heavy atom. The van der Waals surface area contributed by atoms with Crippen LogP contribution in [0, 0.1) is 0 Å². The first-order valence-corrected chi connectivity index (χ1v) is 19.2. The van der Waals surface area contributed by atoms with E-state index in [1.807, 2.05) is 6.08 Å². The predicted molar refractivity (Wildman–Crippen MR) is 241 cm³/mol. The van der Waals surface area contributed by atoms with E-state index in [9.17, 15) is 0 Å². The maximum Gasteiger partial charge on any atom is 0.0543 e. The number of hydrogen-bond acceptors (Lipinski definition) is 1. The minimum absolute atomic E-state index is 1.08. The Labute approximate surface area is 329 Å². The van der Waals surface area contributed by atoms with Gasteiger partial charge in [0, 0.05) is 22.2 Å². The molecule has 0 bridgehead atoms. The van der Waals surface area contributed by atoms with Gasteiger partial charge in [0.2, 0.25) is 0 Å². The fourth-order valence-electron chi connectivity index (χ4n) is 8.09. The molecule has 9 aromatic rings. The molecule has 0 radical (unpaired) electrons. The van der Waals surface area contributed by atoms with Crippen molar-refractivity contribution in [2.45, 2.75) is 6.92 Å². The van der Waals surface area contributed by atoms with Gasteiger partial charge in [-0.15, -0.1) is 0 Å². The van der Waals surface area contributed by atoms with Gasteiger partial charge in [-0.25, -0.2) is 0 Å². The first kappa shape index (κ1) is 34.5. The Morgan fingerprint density at radius 3 is 1.68 bits per heavy atom. The summed E-state index contributed by atoms with van der Waals surface area (Å²) in [6.45, 7) is 6.30. The van der Waals surface area contributed by atoms with Crippen LogP contribution in [0.5, 0.6) is 0 Å². The van der Waals surface area contributed by atoms with Gasteiger partial charge in [-0.3, -0.25) is 0 Å². The SMILES string of the molecule is C=C/C=c1/cccc/c1=C(/C)N(c1ccc(-c2cccc(-c3ccccc3)c2)cc1)c1cc(-c2cccc3ccccc23)ccc1-c1cccc2ccccc12. The number of anilines is 2. The van der Waals surface area contributed by atoms with Crippen molar-refractivity contribution < 1.29 is 0 Å². The van der Waals surface area contributed by atoms with Crippen LogP contribution in [-0.2, 0) is 0 Å². The molecule has 0 saturated carbocycles. The van der Waals surface area contributed by atoms with Crippen LogP contribution >= 0.6 is 0 Å². The molecule has 0 spiro atoms. The highest BCUT2D eigenvalue weighted by Gasteiger charge is 2.21. The molecule has 0 aliphatic heterocycles. The van der Waals surface area contributed by atoms with Crippen molar-refractivity contribution in [2.24, 2.45) is 0 Å². The molecule has 0 aliphatic rings. The van der Waals surface area contributed by atoms with Gasteiger partial charge in [0.25, 0.3) is 0 Å². The summed E-state index contributed by atoms with van der Waals surface area (Å²) >= 11 is 0. The molecule has 0 amide bonds. The second kappa shape index (κ2) is 15.3. The molecular weight excluding hydrogens is 675 g/mol. The first-order valence-electron chi connectivity index (χ1n) is 19.2. The third kappa shape index (κ3) is 6.61. The minimum atomic E-state index is 1.08. The number of allylic oxidation sites excluding steroid dienone is 1. The zero-order chi connectivity index (χ0) is 37.8. The van der Waals surface area contributed by atoms with Crippen molar-refractivity contribution in [3.05, 3.63) is 229 Å². The Balaban J connectivity index is 1.30. The van der Waals surface area contributed by atoms with Crippen molar-refractivity contribution in [2.75, 3.05) is 4.90 Å². The van der Waals surface area contributed by atoms with Crippen LogP contribution in [0.1, 0.15) is 6.92 Å². The van der Waals surface area contributed by atoms with E-state index >= 15 is 0 Å². The summed E-state index contributed by atoms with van der Waals surface area (Å²) in [7, 11) is 0. The average molecular weight is 716 g/mol. The van der Waals surface area contributed by atoms with Gasteiger partial charge in [0.15, 0.2) is 0 Å². The van der Waals surface area contributed by atoms with E-state index in [0.29, 0.717) is 0 Å². The highest BCUT2D eigenvalue weighted by atomic mass is 15.1. The van der Waals surface area contributed by atoms with Crippen LogP contribution in [0.3, 0.4) is 0 Å². The van der Waals surface area contributed by atoms with Gasteiger partial charge in [0.05, 0.1) is 5.69 Å². The van der Waals surface area contributed by atoms with Crippen LogP contribution in [0.4, 0.5) is 11.4 Å². The van der Waals surface area contributed by atoms with E-state index in [-0.39, 0.29) is 0 Å². The van der Waals surface area contributed by atoms with Crippen LogP contribution in [-0.4, -0.2) is 0 Å². The summed E-state index contributed by atoms with van der Waals surface area (Å²) in [5.74, 6) is 0. The highest BCUT2D eigenvalue weighted by molar-refractivity contribution is 6.04. The van der Waals surface area contributed by atoms with E-state index in [1.54, 1.807) is 0 Å². The van der Waals surface area contributed by atoms with Crippen LogP contribution in [0.25, 0.3) is 77.8 Å². The summed E-state index contributed by atoms with van der Waals surface area (Å²) in [6, 6.07) is 74.6. The molecule has 1 heteroatoms. The summed E-state index contributed by atoms with van der Waals surface area (Å²) in [5, 5.41) is 7.17. The largest absolute Gasteiger partial charge is 0.313 e. The second-order valence-electron chi connectivity index (χ2n) is 14.2. The smallest absolute Gasteiger partial charge is 0.0543 e. The summed E-state index contributed by atoms with van der Waals surface area (Å²) < 4.78 is 0. The summed E-state index contributed by atoms with van der Waals surface area (Å²) in [4.78, 5) is 2.45. The van der Waals surface area contributed by atoms with Gasteiger partial charge in [-0.1, -0.05) is 201 Å². The second-order valence-corrected chi connectivity index (χ2v) is 14.2. The maximum absolute atomic E-state index is 4.06. The van der Waals surface area contributed by atoms with E-state index in [0.717, 1.165) is 33.1 Å². The molecule has 266 valence electrons. The zero-order valence-electron chi connectivity index (χ0n) is 31.4. The molecule has 0 heterocycles. The number of rotatable bonds is 8. The van der Waals surface area contributed by atoms with Crippen molar-refractivity contribution in [3.8, 4) is 44.5 Å². The third-order valence-corrected chi connectivity index (χ3v) is 10.8. The molecular formula is C55H41N. The molecule has 1 nitrogen and oxygen atoms in total. The first-order chi connectivity index (χ1) is 27.7. The van der Waals surface area contributed by atoms with Crippen LogP contribution in [0.2, 0.25) is 0 Å². The number of fused-ring (bicyclic) bond motifs is 2. The van der Waals surface area contributed by atoms with Gasteiger partial charge in [-0.2, -0.15) is 0 Å². The number of benzene rings is 9. The van der Waals surface area contributed by atoms with E-state index in [2.05, 4.69) is 231 Å². The topological polar surface area (TPSA) is 3.24 Å². The quantitative estimate of drug-likeness (QED) is 0.151. The van der Waals surface area contributed by atoms with E-state index < -0.39 is 0 Å². The third-order valence-electron chi connectivity index (χ3n) is 10.8. The van der Waals surface area contributed by atoms with E-state index in [4.69, 9.17) is 0 Å². The molecule has 9 rings (SSSR count). The standard InChI is InChI=1S/C55H41N/c1-3-16-42-19-7-10-26-49(42)39(2)56(48-34-31-41(32-35-48)46-25-13-24-45(37-46)40-17-5-4-6-18-40)55-38-47(52-29-14-22-43-20-8-11-27-50(43)52)33-36-54(55)53-30-15-23-44-21-9-12-28-51(44)53/h3-38H,1H2,2H3/b42-16-,49-39+. The average Bonchev–Trinajstić information content (AvgIpc) is 3.27. The van der Waals surface area contributed by atoms with Crippen molar-refractivity contribution in [1.29, 1.82) is 0 Å². The normalized spacial score (nSPS) is 12.1. The fraction of sp³-hybridized carbons (Fsp3) is 0.0182. The lowest BCUT2D eigenvalue weighted by molar-refractivity contribution is 1.25. The van der Waals surface area contributed by atoms with Crippen molar-refractivity contribution >= 4 is 44.7 Å². The minimum Gasteiger partial charge on any atom is -0.313 e. The Morgan fingerprint density at radius 2 is 0.964 bits per heavy atom. The molecule has 0 saturated heterocycles.